The van der Waals surface area contributed by atoms with Gasteiger partial charge in [0.15, 0.2) is 10.8 Å². The number of aromatic nitrogens is 3. The van der Waals surface area contributed by atoms with Gasteiger partial charge in [0, 0.05) is 6.20 Å². The molecule has 5 nitrogen and oxygen atoms in total. The molecule has 1 aliphatic carbocycles. The number of amides is 1. The Labute approximate surface area is 138 Å². The summed E-state index contributed by atoms with van der Waals surface area (Å²) in [6.07, 6.45) is 6.71. The van der Waals surface area contributed by atoms with E-state index in [4.69, 9.17) is 0 Å². The number of anilines is 1. The number of nitrogens with one attached hydrogen (secondary N) is 1. The summed E-state index contributed by atoms with van der Waals surface area (Å²) in [6, 6.07) is 8.31. The quantitative estimate of drug-likeness (QED) is 0.786. The summed E-state index contributed by atoms with van der Waals surface area (Å²) < 4.78 is 3.01. The van der Waals surface area contributed by atoms with Crippen LogP contribution in [0.3, 0.4) is 0 Å². The molecule has 1 fully saturated rings. The van der Waals surface area contributed by atoms with E-state index in [0.717, 1.165) is 23.1 Å². The first-order chi connectivity index (χ1) is 11.2. The number of carbonyl (C=O) groups is 1. The van der Waals surface area contributed by atoms with E-state index in [0.29, 0.717) is 16.9 Å². The van der Waals surface area contributed by atoms with Gasteiger partial charge >= 0.3 is 0 Å². The Morgan fingerprint density at radius 2 is 2.13 bits per heavy atom. The monoisotopic (exact) mass is 326 g/mol. The maximum Gasteiger partial charge on any atom is 0.277 e. The largest absolute Gasteiger partial charge is 0.296 e. The van der Waals surface area contributed by atoms with Gasteiger partial charge in [0.05, 0.1) is 16.3 Å². The van der Waals surface area contributed by atoms with Crippen LogP contribution in [-0.2, 0) is 0 Å². The van der Waals surface area contributed by atoms with Crippen molar-refractivity contribution in [3.63, 3.8) is 0 Å². The minimum absolute atomic E-state index is 0.197. The molecule has 0 aliphatic heterocycles. The fraction of sp³-hybridized carbons (Fsp3) is 0.353. The zero-order valence-electron chi connectivity index (χ0n) is 13.0. The molecule has 1 amide bonds. The average molecular weight is 326 g/mol. The number of carbonyl (C=O) groups excluding carboxylic acids is 1. The normalized spacial score (nSPS) is 15.3. The molecule has 1 saturated carbocycles. The Balaban J connectivity index is 1.52. The first kappa shape index (κ1) is 14.4. The van der Waals surface area contributed by atoms with E-state index in [2.05, 4.69) is 21.5 Å². The summed E-state index contributed by atoms with van der Waals surface area (Å²) in [5, 5.41) is 7.92. The zero-order chi connectivity index (χ0) is 15.8. The predicted octanol–water partition coefficient (Wildman–Crippen LogP) is 4.17. The van der Waals surface area contributed by atoms with Crippen molar-refractivity contribution in [2.24, 2.45) is 0 Å². The summed E-state index contributed by atoms with van der Waals surface area (Å²) in [7, 11) is 0. The number of rotatable bonds is 3. The molecule has 1 aromatic carbocycles. The van der Waals surface area contributed by atoms with Gasteiger partial charge in [-0.2, -0.15) is 5.10 Å². The van der Waals surface area contributed by atoms with Crippen LogP contribution in [0.2, 0.25) is 0 Å². The van der Waals surface area contributed by atoms with Crippen molar-refractivity contribution in [3.8, 4) is 0 Å². The fourth-order valence-electron chi connectivity index (χ4n) is 3.08. The molecule has 0 saturated heterocycles. The molecule has 2 aromatic heterocycles. The molecule has 1 aliphatic rings. The van der Waals surface area contributed by atoms with Gasteiger partial charge in [-0.25, -0.2) is 4.98 Å². The van der Waals surface area contributed by atoms with Crippen LogP contribution in [0.1, 0.15) is 47.8 Å². The second kappa shape index (κ2) is 5.77. The minimum atomic E-state index is -0.197. The van der Waals surface area contributed by atoms with E-state index in [9.17, 15) is 4.79 Å². The molecule has 1 N–H and O–H groups in total. The van der Waals surface area contributed by atoms with E-state index < -0.39 is 0 Å². The number of aryl methyl sites for hydroxylation is 1. The van der Waals surface area contributed by atoms with Crippen molar-refractivity contribution in [2.45, 2.75) is 38.6 Å². The first-order valence-corrected chi connectivity index (χ1v) is 8.74. The lowest BCUT2D eigenvalue weighted by molar-refractivity contribution is 0.102. The van der Waals surface area contributed by atoms with Crippen LogP contribution in [0, 0.1) is 6.92 Å². The number of nitrogens with zero attached hydrogens (tertiary/aromatic N) is 3. The van der Waals surface area contributed by atoms with E-state index in [1.165, 1.54) is 29.7 Å². The molecule has 3 aromatic rings. The molecule has 23 heavy (non-hydrogen) atoms. The van der Waals surface area contributed by atoms with Gasteiger partial charge in [0.1, 0.15) is 0 Å². The van der Waals surface area contributed by atoms with Gasteiger partial charge in [-0.05, 0) is 43.5 Å². The fourth-order valence-corrected chi connectivity index (χ4v) is 4.04. The van der Waals surface area contributed by atoms with Crippen LogP contribution in [0.15, 0.2) is 30.5 Å². The van der Waals surface area contributed by atoms with Crippen molar-refractivity contribution in [3.05, 3.63) is 41.7 Å². The molecule has 0 spiro atoms. The number of fused-ring (bicyclic) bond motifs is 1. The second-order valence-electron chi connectivity index (χ2n) is 6.06. The van der Waals surface area contributed by atoms with Gasteiger partial charge < -0.3 is 0 Å². The lowest BCUT2D eigenvalue weighted by atomic mass is 10.2. The van der Waals surface area contributed by atoms with Crippen molar-refractivity contribution >= 4 is 32.6 Å². The van der Waals surface area contributed by atoms with Crippen LogP contribution in [0.5, 0.6) is 0 Å². The third-order valence-electron chi connectivity index (χ3n) is 4.30. The Kier molecular flexibility index (Phi) is 3.61. The highest BCUT2D eigenvalue weighted by Gasteiger charge is 2.19. The number of benzene rings is 1. The van der Waals surface area contributed by atoms with Crippen LogP contribution in [0.25, 0.3) is 10.2 Å². The SMILES string of the molecule is Cc1ccc2nc(NC(=O)c3ccn(C4CCCC4)n3)sc2c1. The Morgan fingerprint density at radius 1 is 1.30 bits per heavy atom. The molecule has 0 atom stereocenters. The highest BCUT2D eigenvalue weighted by atomic mass is 32.1. The summed E-state index contributed by atoms with van der Waals surface area (Å²) in [5.41, 5.74) is 2.55. The average Bonchev–Trinajstić information content (AvgIpc) is 3.26. The van der Waals surface area contributed by atoms with Crippen molar-refractivity contribution < 1.29 is 4.79 Å². The van der Waals surface area contributed by atoms with Gasteiger partial charge in [-0.3, -0.25) is 14.8 Å². The van der Waals surface area contributed by atoms with E-state index in [1.54, 1.807) is 6.07 Å². The molecule has 0 unspecified atom stereocenters. The molecule has 6 heteroatoms. The molecule has 4 rings (SSSR count). The van der Waals surface area contributed by atoms with Crippen molar-refractivity contribution in [1.82, 2.24) is 14.8 Å². The van der Waals surface area contributed by atoms with Crippen LogP contribution in [0.4, 0.5) is 5.13 Å². The number of hydrogen-bond donors (Lipinski definition) is 1. The lowest BCUT2D eigenvalue weighted by Crippen LogP contribution is -2.14. The van der Waals surface area contributed by atoms with Crippen molar-refractivity contribution in [2.75, 3.05) is 5.32 Å². The molecule has 0 bridgehead atoms. The number of thiazole rings is 1. The summed E-state index contributed by atoms with van der Waals surface area (Å²) in [4.78, 5) is 16.8. The topological polar surface area (TPSA) is 59.8 Å². The maximum absolute atomic E-state index is 12.4. The molecule has 118 valence electrons. The van der Waals surface area contributed by atoms with Crippen LogP contribution < -0.4 is 5.32 Å². The highest BCUT2D eigenvalue weighted by molar-refractivity contribution is 7.22. The predicted molar refractivity (Wildman–Crippen MR) is 92.0 cm³/mol. The van der Waals surface area contributed by atoms with E-state index in [1.807, 2.05) is 29.9 Å². The summed E-state index contributed by atoms with van der Waals surface area (Å²) in [5.74, 6) is -0.197. The van der Waals surface area contributed by atoms with Crippen LogP contribution >= 0.6 is 11.3 Å². The standard InChI is InChI=1S/C17H18N4OS/c1-11-6-7-13-15(10-11)23-17(18-13)19-16(22)14-8-9-21(20-14)12-4-2-3-5-12/h6-10,12H,2-5H2,1H3,(H,18,19,22). The summed E-state index contributed by atoms with van der Waals surface area (Å²) >= 11 is 1.49. The number of hydrogen-bond acceptors (Lipinski definition) is 4. The smallest absolute Gasteiger partial charge is 0.277 e. The lowest BCUT2D eigenvalue weighted by Gasteiger charge is -2.08. The Bertz CT molecular complexity index is 860. The van der Waals surface area contributed by atoms with Gasteiger partial charge in [0.25, 0.3) is 5.91 Å². The summed E-state index contributed by atoms with van der Waals surface area (Å²) in [6.45, 7) is 2.05. The minimum Gasteiger partial charge on any atom is -0.296 e. The zero-order valence-corrected chi connectivity index (χ0v) is 13.8. The molecular weight excluding hydrogens is 308 g/mol. The van der Waals surface area contributed by atoms with Crippen molar-refractivity contribution in [1.29, 1.82) is 0 Å². The Morgan fingerprint density at radius 3 is 2.96 bits per heavy atom. The Hall–Kier alpha value is -2.21. The van der Waals surface area contributed by atoms with E-state index in [-0.39, 0.29) is 5.91 Å². The second-order valence-corrected chi connectivity index (χ2v) is 7.09. The highest BCUT2D eigenvalue weighted by Crippen LogP contribution is 2.29. The first-order valence-electron chi connectivity index (χ1n) is 7.93. The maximum atomic E-state index is 12.4. The molecule has 0 radical (unpaired) electrons. The van der Waals surface area contributed by atoms with Gasteiger partial charge in [-0.15, -0.1) is 0 Å². The van der Waals surface area contributed by atoms with E-state index >= 15 is 0 Å². The van der Waals surface area contributed by atoms with Crippen LogP contribution in [-0.4, -0.2) is 20.7 Å². The van der Waals surface area contributed by atoms with Gasteiger partial charge in [-0.1, -0.05) is 30.2 Å². The van der Waals surface area contributed by atoms with Gasteiger partial charge in [0.2, 0.25) is 0 Å². The molecular formula is C17H18N4OS. The third-order valence-corrected chi connectivity index (χ3v) is 5.24. The molecule has 2 heterocycles. The third kappa shape index (κ3) is 2.86.